The molecule has 21 heavy (non-hydrogen) atoms. The summed E-state index contributed by atoms with van der Waals surface area (Å²) in [5.74, 6) is 1.07. The number of anilines is 1. The smallest absolute Gasteiger partial charge is 0.108 e. The number of imidazole rings is 1. The number of hydrogen-bond donors (Lipinski definition) is 2. The van der Waals surface area contributed by atoms with Crippen LogP contribution in [0.2, 0.25) is 0 Å². The van der Waals surface area contributed by atoms with Crippen LogP contribution in [0.25, 0.3) is 11.0 Å². The molecule has 0 saturated heterocycles. The molecule has 3 N–H and O–H groups in total. The fourth-order valence-electron chi connectivity index (χ4n) is 3.36. The first kappa shape index (κ1) is 14.4. The Kier molecular flexibility index (Phi) is 4.44. The Balaban J connectivity index is 1.60. The fourth-order valence-corrected chi connectivity index (χ4v) is 3.36. The van der Waals surface area contributed by atoms with Gasteiger partial charge < -0.3 is 15.6 Å². The van der Waals surface area contributed by atoms with Crippen molar-refractivity contribution in [2.24, 2.45) is 0 Å². The third-order valence-electron chi connectivity index (χ3n) is 4.70. The summed E-state index contributed by atoms with van der Waals surface area (Å²) in [6, 6.07) is 6.61. The lowest BCUT2D eigenvalue weighted by Gasteiger charge is -2.26. The topological polar surface area (TPSA) is 57.9 Å². The zero-order chi connectivity index (χ0) is 14.7. The Bertz CT molecular complexity index is 581. The van der Waals surface area contributed by atoms with E-state index in [-0.39, 0.29) is 0 Å². The number of nitrogens with zero attached hydrogens (tertiary/aromatic N) is 2. The molecule has 2 aromatic rings. The van der Waals surface area contributed by atoms with E-state index in [2.05, 4.69) is 21.9 Å². The van der Waals surface area contributed by atoms with Crippen LogP contribution in [-0.2, 0) is 6.42 Å². The number of fused-ring (bicyclic) bond motifs is 1. The van der Waals surface area contributed by atoms with Crippen molar-refractivity contribution in [2.75, 3.05) is 19.3 Å². The third kappa shape index (κ3) is 3.56. The maximum absolute atomic E-state index is 5.81. The van der Waals surface area contributed by atoms with Crippen molar-refractivity contribution in [1.82, 2.24) is 14.9 Å². The summed E-state index contributed by atoms with van der Waals surface area (Å²) < 4.78 is 0. The number of rotatable bonds is 4. The van der Waals surface area contributed by atoms with E-state index in [0.717, 1.165) is 41.6 Å². The van der Waals surface area contributed by atoms with Gasteiger partial charge in [0.15, 0.2) is 0 Å². The van der Waals surface area contributed by atoms with Crippen molar-refractivity contribution >= 4 is 16.7 Å². The molecular weight excluding hydrogens is 260 g/mol. The number of nitrogens with one attached hydrogen (secondary N) is 1. The minimum atomic E-state index is 0.757. The number of aromatic nitrogens is 2. The molecular formula is C17H26N4. The zero-order valence-electron chi connectivity index (χ0n) is 12.9. The molecule has 1 saturated carbocycles. The van der Waals surface area contributed by atoms with E-state index >= 15 is 0 Å². The Morgan fingerprint density at radius 3 is 2.76 bits per heavy atom. The number of hydrogen-bond acceptors (Lipinski definition) is 3. The van der Waals surface area contributed by atoms with E-state index in [1.54, 1.807) is 0 Å². The summed E-state index contributed by atoms with van der Waals surface area (Å²) in [6.45, 7) is 1.07. The Hall–Kier alpha value is -1.55. The largest absolute Gasteiger partial charge is 0.399 e. The summed E-state index contributed by atoms with van der Waals surface area (Å²) in [6.07, 6.45) is 9.28. The molecule has 1 aliphatic carbocycles. The Morgan fingerprint density at radius 1 is 1.24 bits per heavy atom. The van der Waals surface area contributed by atoms with Crippen LogP contribution in [-0.4, -0.2) is 34.5 Å². The summed E-state index contributed by atoms with van der Waals surface area (Å²) >= 11 is 0. The molecule has 0 amide bonds. The molecule has 1 aliphatic rings. The summed E-state index contributed by atoms with van der Waals surface area (Å²) in [5, 5.41) is 0. The minimum Gasteiger partial charge on any atom is -0.399 e. The van der Waals surface area contributed by atoms with Crippen molar-refractivity contribution in [2.45, 2.75) is 51.0 Å². The number of likely N-dealkylation sites (N-methyl/N-ethyl adjacent to an activating group) is 1. The van der Waals surface area contributed by atoms with Gasteiger partial charge in [0.1, 0.15) is 5.82 Å². The molecule has 0 atom stereocenters. The number of nitrogen functional groups attached to an aromatic ring is 1. The Labute approximate surface area is 126 Å². The normalized spacial score (nSPS) is 17.4. The van der Waals surface area contributed by atoms with Crippen LogP contribution in [0, 0.1) is 0 Å². The van der Waals surface area contributed by atoms with Crippen LogP contribution in [0.5, 0.6) is 0 Å². The van der Waals surface area contributed by atoms with Gasteiger partial charge in [0.05, 0.1) is 11.0 Å². The standard InChI is InChI=1S/C17H26N4/c1-21(14-6-4-2-3-5-7-14)11-10-17-19-15-9-8-13(18)12-16(15)20-17/h8-9,12,14H,2-7,10-11,18H2,1H3,(H,19,20). The van der Waals surface area contributed by atoms with Gasteiger partial charge in [0, 0.05) is 24.7 Å². The van der Waals surface area contributed by atoms with Gasteiger partial charge in [-0.05, 0) is 38.1 Å². The molecule has 1 fully saturated rings. The van der Waals surface area contributed by atoms with Crippen molar-refractivity contribution in [3.05, 3.63) is 24.0 Å². The lowest BCUT2D eigenvalue weighted by molar-refractivity contribution is 0.222. The van der Waals surface area contributed by atoms with E-state index in [1.165, 1.54) is 38.5 Å². The van der Waals surface area contributed by atoms with Crippen LogP contribution in [0.3, 0.4) is 0 Å². The van der Waals surface area contributed by atoms with Crippen LogP contribution >= 0.6 is 0 Å². The number of nitrogens with two attached hydrogens (primary N) is 1. The van der Waals surface area contributed by atoms with E-state index in [4.69, 9.17) is 5.73 Å². The molecule has 1 aromatic carbocycles. The van der Waals surface area contributed by atoms with E-state index in [9.17, 15) is 0 Å². The molecule has 0 bridgehead atoms. The Morgan fingerprint density at radius 2 is 2.00 bits per heavy atom. The first-order valence-electron chi connectivity index (χ1n) is 8.17. The van der Waals surface area contributed by atoms with Crippen LogP contribution in [0.15, 0.2) is 18.2 Å². The molecule has 0 radical (unpaired) electrons. The van der Waals surface area contributed by atoms with Crippen LogP contribution < -0.4 is 5.73 Å². The maximum atomic E-state index is 5.81. The van der Waals surface area contributed by atoms with Gasteiger partial charge in [-0.2, -0.15) is 0 Å². The minimum absolute atomic E-state index is 0.757. The van der Waals surface area contributed by atoms with Gasteiger partial charge in [0.2, 0.25) is 0 Å². The highest BCUT2D eigenvalue weighted by Gasteiger charge is 2.17. The molecule has 0 spiro atoms. The second-order valence-corrected chi connectivity index (χ2v) is 6.34. The molecule has 4 heteroatoms. The first-order chi connectivity index (χ1) is 10.2. The highest BCUT2D eigenvalue weighted by Crippen LogP contribution is 2.21. The summed E-state index contributed by atoms with van der Waals surface area (Å²) in [5.41, 5.74) is 8.65. The molecule has 114 valence electrons. The monoisotopic (exact) mass is 286 g/mol. The van der Waals surface area contributed by atoms with Crippen LogP contribution in [0.1, 0.15) is 44.3 Å². The average Bonchev–Trinajstić information content (AvgIpc) is 2.69. The SMILES string of the molecule is CN(CCc1nc2ccc(N)cc2[nH]1)C1CCCCCC1. The molecule has 0 aliphatic heterocycles. The van der Waals surface area contributed by atoms with Crippen molar-refractivity contribution in [1.29, 1.82) is 0 Å². The van der Waals surface area contributed by atoms with Gasteiger partial charge in [0.25, 0.3) is 0 Å². The molecule has 3 rings (SSSR count). The van der Waals surface area contributed by atoms with Gasteiger partial charge in [-0.25, -0.2) is 4.98 Å². The molecule has 0 unspecified atom stereocenters. The van der Waals surface area contributed by atoms with E-state index < -0.39 is 0 Å². The maximum Gasteiger partial charge on any atom is 0.108 e. The van der Waals surface area contributed by atoms with E-state index in [0.29, 0.717) is 0 Å². The average molecular weight is 286 g/mol. The van der Waals surface area contributed by atoms with Gasteiger partial charge in [-0.3, -0.25) is 0 Å². The number of benzene rings is 1. The van der Waals surface area contributed by atoms with E-state index in [1.807, 2.05) is 18.2 Å². The number of H-pyrrole nitrogens is 1. The van der Waals surface area contributed by atoms with Gasteiger partial charge in [-0.1, -0.05) is 25.7 Å². The first-order valence-corrected chi connectivity index (χ1v) is 8.17. The second-order valence-electron chi connectivity index (χ2n) is 6.34. The second kappa shape index (κ2) is 6.48. The van der Waals surface area contributed by atoms with Crippen LogP contribution in [0.4, 0.5) is 5.69 Å². The van der Waals surface area contributed by atoms with Crippen molar-refractivity contribution < 1.29 is 0 Å². The van der Waals surface area contributed by atoms with Gasteiger partial charge >= 0.3 is 0 Å². The van der Waals surface area contributed by atoms with Crippen molar-refractivity contribution in [3.8, 4) is 0 Å². The summed E-state index contributed by atoms with van der Waals surface area (Å²) in [4.78, 5) is 10.6. The highest BCUT2D eigenvalue weighted by molar-refractivity contribution is 5.78. The summed E-state index contributed by atoms with van der Waals surface area (Å²) in [7, 11) is 2.26. The van der Waals surface area contributed by atoms with Crippen molar-refractivity contribution in [3.63, 3.8) is 0 Å². The zero-order valence-corrected chi connectivity index (χ0v) is 12.9. The molecule has 4 nitrogen and oxygen atoms in total. The third-order valence-corrected chi connectivity index (χ3v) is 4.70. The quantitative estimate of drug-likeness (QED) is 0.669. The lowest BCUT2D eigenvalue weighted by Crippen LogP contribution is -2.33. The number of aromatic amines is 1. The molecule has 1 aromatic heterocycles. The molecule has 1 heterocycles. The highest BCUT2D eigenvalue weighted by atomic mass is 15.1. The lowest BCUT2D eigenvalue weighted by atomic mass is 10.1. The van der Waals surface area contributed by atoms with Gasteiger partial charge in [-0.15, -0.1) is 0 Å². The predicted molar refractivity (Wildman–Crippen MR) is 88.3 cm³/mol. The fraction of sp³-hybridized carbons (Fsp3) is 0.588. The predicted octanol–water partition coefficient (Wildman–Crippen LogP) is 3.34.